The van der Waals surface area contributed by atoms with Crippen LogP contribution in [-0.2, 0) is 6.42 Å². The first-order valence-electron chi connectivity index (χ1n) is 4.64. The Hall–Kier alpha value is -1.10. The highest BCUT2D eigenvalue weighted by Gasteiger charge is 2.14. The third-order valence-electron chi connectivity index (χ3n) is 2.19. The molecule has 0 saturated carbocycles. The molecule has 4 nitrogen and oxygen atoms in total. The molecule has 2 rings (SSSR count). The molecule has 1 aromatic carbocycles. The lowest BCUT2D eigenvalue weighted by atomic mass is 10.1. The van der Waals surface area contributed by atoms with E-state index >= 15 is 0 Å². The fraction of sp³-hybridized carbons (Fsp3) is 0.200. The van der Waals surface area contributed by atoms with Crippen LogP contribution in [0, 0.1) is 0 Å². The van der Waals surface area contributed by atoms with E-state index < -0.39 is 6.10 Å². The number of H-pyrrole nitrogens is 1. The van der Waals surface area contributed by atoms with Crippen LogP contribution in [0.3, 0.4) is 0 Å². The second-order valence-electron chi connectivity index (χ2n) is 3.30. The van der Waals surface area contributed by atoms with E-state index in [1.807, 2.05) is 6.07 Å². The first-order chi connectivity index (χ1) is 7.68. The number of aliphatic hydroxyl groups excluding tert-OH is 1. The van der Waals surface area contributed by atoms with Crippen molar-refractivity contribution < 1.29 is 5.11 Å². The van der Waals surface area contributed by atoms with Crippen LogP contribution in [0.25, 0.3) is 0 Å². The van der Waals surface area contributed by atoms with Crippen molar-refractivity contribution in [2.45, 2.75) is 12.5 Å². The van der Waals surface area contributed by atoms with Gasteiger partial charge in [0.05, 0.1) is 10.0 Å². The van der Waals surface area contributed by atoms with E-state index in [0.29, 0.717) is 22.3 Å². The van der Waals surface area contributed by atoms with Gasteiger partial charge in [-0.3, -0.25) is 5.10 Å². The molecule has 2 aromatic rings. The minimum atomic E-state index is -0.765. The molecule has 1 aromatic heterocycles. The van der Waals surface area contributed by atoms with E-state index in [2.05, 4.69) is 15.2 Å². The van der Waals surface area contributed by atoms with Crippen molar-refractivity contribution in [3.63, 3.8) is 0 Å². The quantitative estimate of drug-likeness (QED) is 0.888. The number of rotatable bonds is 3. The van der Waals surface area contributed by atoms with Gasteiger partial charge in [0, 0.05) is 6.42 Å². The molecular weight excluding hydrogens is 249 g/mol. The van der Waals surface area contributed by atoms with Gasteiger partial charge in [0.2, 0.25) is 0 Å². The molecule has 0 aliphatic carbocycles. The summed E-state index contributed by atoms with van der Waals surface area (Å²) in [6.45, 7) is 0. The van der Waals surface area contributed by atoms with Crippen LogP contribution < -0.4 is 0 Å². The highest BCUT2D eigenvalue weighted by atomic mass is 35.5. The molecule has 0 saturated heterocycles. The van der Waals surface area contributed by atoms with Gasteiger partial charge in [-0.05, 0) is 11.6 Å². The average molecular weight is 258 g/mol. The molecule has 0 amide bonds. The fourth-order valence-electron chi connectivity index (χ4n) is 1.39. The third-order valence-corrected chi connectivity index (χ3v) is 3.05. The highest BCUT2D eigenvalue weighted by molar-refractivity contribution is 6.42. The van der Waals surface area contributed by atoms with Crippen molar-refractivity contribution >= 4 is 23.2 Å². The van der Waals surface area contributed by atoms with Gasteiger partial charge in [-0.1, -0.05) is 35.3 Å². The van der Waals surface area contributed by atoms with Crippen molar-refractivity contribution in [2.75, 3.05) is 0 Å². The van der Waals surface area contributed by atoms with Crippen LogP contribution in [0.15, 0.2) is 24.5 Å². The Morgan fingerprint density at radius 2 is 2.19 bits per heavy atom. The van der Waals surface area contributed by atoms with Crippen LogP contribution in [0.1, 0.15) is 17.5 Å². The van der Waals surface area contributed by atoms with E-state index in [-0.39, 0.29) is 0 Å². The monoisotopic (exact) mass is 257 g/mol. The molecule has 1 atom stereocenters. The SMILES string of the molecule is OC(Cc1cccc(Cl)c1Cl)c1ncn[nH]1. The number of halogens is 2. The molecule has 0 spiro atoms. The van der Waals surface area contributed by atoms with E-state index in [4.69, 9.17) is 23.2 Å². The molecule has 6 heteroatoms. The Morgan fingerprint density at radius 1 is 1.38 bits per heavy atom. The van der Waals surface area contributed by atoms with Crippen molar-refractivity contribution in [1.29, 1.82) is 0 Å². The van der Waals surface area contributed by atoms with Gasteiger partial charge >= 0.3 is 0 Å². The van der Waals surface area contributed by atoms with Crippen molar-refractivity contribution in [3.8, 4) is 0 Å². The molecule has 0 bridgehead atoms. The Morgan fingerprint density at radius 3 is 2.88 bits per heavy atom. The summed E-state index contributed by atoms with van der Waals surface area (Å²) in [6, 6.07) is 5.30. The number of hydrogen-bond donors (Lipinski definition) is 2. The lowest BCUT2D eigenvalue weighted by Gasteiger charge is -2.09. The Labute approximate surface area is 102 Å². The summed E-state index contributed by atoms with van der Waals surface area (Å²) < 4.78 is 0. The number of nitrogens with zero attached hydrogens (tertiary/aromatic N) is 2. The van der Waals surface area contributed by atoms with Gasteiger partial charge in [-0.2, -0.15) is 5.10 Å². The summed E-state index contributed by atoms with van der Waals surface area (Å²) >= 11 is 11.9. The first kappa shape index (κ1) is 11.4. The number of hydrogen-bond acceptors (Lipinski definition) is 3. The van der Waals surface area contributed by atoms with Gasteiger partial charge in [-0.25, -0.2) is 4.98 Å². The second kappa shape index (κ2) is 4.82. The smallest absolute Gasteiger partial charge is 0.153 e. The average Bonchev–Trinajstić information content (AvgIpc) is 2.78. The lowest BCUT2D eigenvalue weighted by Crippen LogP contribution is -2.04. The second-order valence-corrected chi connectivity index (χ2v) is 4.09. The van der Waals surface area contributed by atoms with E-state index in [1.54, 1.807) is 12.1 Å². The summed E-state index contributed by atoms with van der Waals surface area (Å²) in [5, 5.41) is 17.1. The van der Waals surface area contributed by atoms with Gasteiger partial charge in [0.1, 0.15) is 12.4 Å². The van der Waals surface area contributed by atoms with Crippen molar-refractivity contribution in [1.82, 2.24) is 15.2 Å². The van der Waals surface area contributed by atoms with Gasteiger partial charge in [-0.15, -0.1) is 0 Å². The number of nitrogens with one attached hydrogen (secondary N) is 1. The predicted molar refractivity (Wildman–Crippen MR) is 61.5 cm³/mol. The molecule has 16 heavy (non-hydrogen) atoms. The summed E-state index contributed by atoms with van der Waals surface area (Å²) in [6.07, 6.45) is 0.922. The van der Waals surface area contributed by atoms with Crippen LogP contribution in [-0.4, -0.2) is 20.3 Å². The maximum absolute atomic E-state index is 9.84. The highest BCUT2D eigenvalue weighted by Crippen LogP contribution is 2.28. The van der Waals surface area contributed by atoms with Crippen LogP contribution in [0.5, 0.6) is 0 Å². The van der Waals surface area contributed by atoms with Crippen LogP contribution >= 0.6 is 23.2 Å². The maximum Gasteiger partial charge on any atom is 0.153 e. The number of aromatic amines is 1. The lowest BCUT2D eigenvalue weighted by molar-refractivity contribution is 0.169. The standard InChI is InChI=1S/C10H9Cl2N3O/c11-7-3-1-2-6(9(7)12)4-8(16)10-13-5-14-15-10/h1-3,5,8,16H,4H2,(H,13,14,15). The largest absolute Gasteiger partial charge is 0.385 e. The number of benzene rings is 1. The maximum atomic E-state index is 9.84. The molecular formula is C10H9Cl2N3O. The number of aliphatic hydroxyl groups is 1. The Bertz CT molecular complexity index is 473. The normalized spacial score (nSPS) is 12.7. The van der Waals surface area contributed by atoms with Crippen molar-refractivity contribution in [3.05, 3.63) is 46.0 Å². The van der Waals surface area contributed by atoms with E-state index in [1.165, 1.54) is 6.33 Å². The zero-order chi connectivity index (χ0) is 11.5. The molecule has 0 aliphatic heterocycles. The van der Waals surface area contributed by atoms with Gasteiger partial charge in [0.15, 0.2) is 5.82 Å². The van der Waals surface area contributed by atoms with Crippen LogP contribution in [0.4, 0.5) is 0 Å². The minimum Gasteiger partial charge on any atom is -0.385 e. The summed E-state index contributed by atoms with van der Waals surface area (Å²) in [5.74, 6) is 0.413. The third kappa shape index (κ3) is 2.35. The molecule has 1 unspecified atom stereocenters. The van der Waals surface area contributed by atoms with Gasteiger partial charge < -0.3 is 5.11 Å². The summed E-state index contributed by atoms with van der Waals surface area (Å²) in [5.41, 5.74) is 0.776. The zero-order valence-electron chi connectivity index (χ0n) is 8.19. The van der Waals surface area contributed by atoms with Crippen LogP contribution in [0.2, 0.25) is 10.0 Å². The Kier molecular flexibility index (Phi) is 3.43. The molecule has 0 radical (unpaired) electrons. The zero-order valence-corrected chi connectivity index (χ0v) is 9.70. The van der Waals surface area contributed by atoms with E-state index in [0.717, 1.165) is 5.56 Å². The topological polar surface area (TPSA) is 61.8 Å². The molecule has 2 N–H and O–H groups in total. The molecule has 0 aliphatic rings. The first-order valence-corrected chi connectivity index (χ1v) is 5.40. The van der Waals surface area contributed by atoms with Crippen molar-refractivity contribution in [2.24, 2.45) is 0 Å². The Balaban J connectivity index is 2.18. The van der Waals surface area contributed by atoms with E-state index in [9.17, 15) is 5.11 Å². The summed E-state index contributed by atoms with van der Waals surface area (Å²) in [4.78, 5) is 3.87. The number of aromatic nitrogens is 3. The molecule has 0 fully saturated rings. The summed E-state index contributed by atoms with van der Waals surface area (Å²) in [7, 11) is 0. The fourth-order valence-corrected chi connectivity index (χ4v) is 1.78. The molecule has 1 heterocycles. The minimum absolute atomic E-state index is 0.342. The van der Waals surface area contributed by atoms with Gasteiger partial charge in [0.25, 0.3) is 0 Å². The predicted octanol–water partition coefficient (Wildman–Crippen LogP) is 2.39. The molecule has 84 valence electrons.